The third-order valence-electron chi connectivity index (χ3n) is 2.40. The Morgan fingerprint density at radius 2 is 2.11 bits per heavy atom. The van der Waals surface area contributed by atoms with Gasteiger partial charge in [-0.1, -0.05) is 6.92 Å². The maximum absolute atomic E-state index is 12.1. The van der Waals surface area contributed by atoms with Gasteiger partial charge in [0.25, 0.3) is 0 Å². The number of carbonyl (C=O) groups is 1. The van der Waals surface area contributed by atoms with Crippen molar-refractivity contribution in [2.45, 2.75) is 18.2 Å². The third-order valence-corrected chi connectivity index (χ3v) is 4.20. The van der Waals surface area contributed by atoms with E-state index >= 15 is 0 Å². The highest BCUT2D eigenvalue weighted by Gasteiger charge is 2.22. The molecule has 0 aliphatic heterocycles. The van der Waals surface area contributed by atoms with Crippen LogP contribution in [-0.4, -0.2) is 43.8 Å². The van der Waals surface area contributed by atoms with Crippen LogP contribution in [0.25, 0.3) is 0 Å². The zero-order valence-electron chi connectivity index (χ0n) is 10.8. The molecule has 0 saturated heterocycles. The maximum atomic E-state index is 12.1. The number of amides is 1. The van der Waals surface area contributed by atoms with Crippen LogP contribution in [0.5, 0.6) is 0 Å². The number of hydrogen-bond acceptors (Lipinski definition) is 4. The number of hydrogen-bond donors (Lipinski definition) is 2. The van der Waals surface area contributed by atoms with E-state index in [4.69, 9.17) is 0 Å². The summed E-state index contributed by atoms with van der Waals surface area (Å²) >= 11 is 0. The second kappa shape index (κ2) is 6.48. The molecule has 1 aromatic heterocycles. The Balaban J connectivity index is 2.80. The Hall–Kier alpha value is -1.67. The first-order valence-electron chi connectivity index (χ1n) is 5.79. The molecule has 19 heavy (non-hydrogen) atoms. The number of rotatable bonds is 6. The fourth-order valence-corrected chi connectivity index (χ4v) is 2.44. The zero-order chi connectivity index (χ0) is 14.5. The van der Waals surface area contributed by atoms with Crippen molar-refractivity contribution in [1.82, 2.24) is 14.6 Å². The average molecular weight is 287 g/mol. The van der Waals surface area contributed by atoms with Gasteiger partial charge in [0, 0.05) is 25.9 Å². The number of sulfonamides is 1. The monoisotopic (exact) mass is 287 g/mol. The molecule has 1 aromatic rings. The van der Waals surface area contributed by atoms with Crippen molar-refractivity contribution in [3.63, 3.8) is 0 Å². The minimum atomic E-state index is -3.77. The first-order chi connectivity index (χ1) is 8.87. The van der Waals surface area contributed by atoms with Gasteiger partial charge < -0.3 is 10.3 Å². The maximum Gasteiger partial charge on any atom is 0.247 e. The molecule has 7 nitrogen and oxygen atoms in total. The predicted molar refractivity (Wildman–Crippen MR) is 70.2 cm³/mol. The molecule has 0 radical (unpaired) electrons. The van der Waals surface area contributed by atoms with Gasteiger partial charge in [-0.2, -0.15) is 4.31 Å². The van der Waals surface area contributed by atoms with Crippen molar-refractivity contribution >= 4 is 15.9 Å². The van der Waals surface area contributed by atoms with Gasteiger partial charge in [-0.05, 0) is 12.5 Å². The first kappa shape index (κ1) is 15.4. The number of likely N-dealkylation sites (N-methyl/N-ethyl adjacent to an activating group) is 1. The van der Waals surface area contributed by atoms with Crippen molar-refractivity contribution < 1.29 is 13.2 Å². The standard InChI is InChI=1S/C11H17N3O4S/c1-3-6-12-11(16)8-14(2)19(17,18)9-4-5-10(15)13-7-9/h4-5,7H,3,6,8H2,1-2H3,(H,12,16)(H,13,15). The van der Waals surface area contributed by atoms with Gasteiger partial charge in [-0.25, -0.2) is 8.42 Å². The SMILES string of the molecule is CCCNC(=O)CN(C)S(=O)(=O)c1ccc(=O)[nH]c1. The normalized spacial score (nSPS) is 11.5. The van der Waals surface area contributed by atoms with Gasteiger partial charge in [0.15, 0.2) is 0 Å². The molecule has 1 amide bonds. The van der Waals surface area contributed by atoms with E-state index in [1.165, 1.54) is 13.1 Å². The van der Waals surface area contributed by atoms with Crippen LogP contribution >= 0.6 is 0 Å². The van der Waals surface area contributed by atoms with E-state index in [2.05, 4.69) is 10.3 Å². The van der Waals surface area contributed by atoms with Gasteiger partial charge in [-0.3, -0.25) is 9.59 Å². The fourth-order valence-electron chi connectivity index (χ4n) is 1.34. The molecule has 0 aliphatic carbocycles. The number of nitrogens with zero attached hydrogens (tertiary/aromatic N) is 1. The largest absolute Gasteiger partial charge is 0.355 e. The molecular formula is C11H17N3O4S. The summed E-state index contributed by atoms with van der Waals surface area (Å²) in [6.45, 7) is 2.15. The van der Waals surface area contributed by atoms with E-state index in [0.717, 1.165) is 23.0 Å². The molecule has 0 fully saturated rings. The van der Waals surface area contributed by atoms with Crippen LogP contribution < -0.4 is 10.9 Å². The van der Waals surface area contributed by atoms with Crippen LogP contribution in [0.1, 0.15) is 13.3 Å². The summed E-state index contributed by atoms with van der Waals surface area (Å²) in [4.78, 5) is 24.6. The Morgan fingerprint density at radius 1 is 1.42 bits per heavy atom. The van der Waals surface area contributed by atoms with Crippen LogP contribution in [0.2, 0.25) is 0 Å². The smallest absolute Gasteiger partial charge is 0.247 e. The topological polar surface area (TPSA) is 99.3 Å². The summed E-state index contributed by atoms with van der Waals surface area (Å²) < 4.78 is 25.1. The van der Waals surface area contributed by atoms with Crippen LogP contribution in [0, 0.1) is 0 Å². The number of pyridine rings is 1. The fraction of sp³-hybridized carbons (Fsp3) is 0.455. The Labute approximate surface area is 111 Å². The van der Waals surface area contributed by atoms with Crippen molar-refractivity contribution in [3.8, 4) is 0 Å². The molecule has 0 aliphatic rings. The van der Waals surface area contributed by atoms with E-state index in [9.17, 15) is 18.0 Å². The highest BCUT2D eigenvalue weighted by atomic mass is 32.2. The van der Waals surface area contributed by atoms with E-state index in [1.54, 1.807) is 0 Å². The lowest BCUT2D eigenvalue weighted by Gasteiger charge is -2.16. The van der Waals surface area contributed by atoms with Gasteiger partial charge in [0.1, 0.15) is 0 Å². The van der Waals surface area contributed by atoms with Crippen molar-refractivity contribution in [2.75, 3.05) is 20.1 Å². The zero-order valence-corrected chi connectivity index (χ0v) is 11.7. The Bertz CT molecular complexity index is 574. The molecule has 0 bridgehead atoms. The summed E-state index contributed by atoms with van der Waals surface area (Å²) in [7, 11) is -2.46. The average Bonchev–Trinajstić information content (AvgIpc) is 2.36. The Kier molecular flexibility index (Phi) is 5.25. The van der Waals surface area contributed by atoms with Crippen molar-refractivity contribution in [3.05, 3.63) is 28.7 Å². The lowest BCUT2D eigenvalue weighted by Crippen LogP contribution is -2.38. The second-order valence-corrected chi connectivity index (χ2v) is 6.04. The molecule has 0 aromatic carbocycles. The minimum Gasteiger partial charge on any atom is -0.355 e. The van der Waals surface area contributed by atoms with Gasteiger partial charge in [-0.15, -0.1) is 0 Å². The van der Waals surface area contributed by atoms with Crippen molar-refractivity contribution in [1.29, 1.82) is 0 Å². The first-order valence-corrected chi connectivity index (χ1v) is 7.23. The molecule has 1 rings (SSSR count). The van der Waals surface area contributed by atoms with E-state index < -0.39 is 10.0 Å². The molecule has 0 atom stereocenters. The lowest BCUT2D eigenvalue weighted by atomic mass is 10.4. The molecule has 8 heteroatoms. The van der Waals surface area contributed by atoms with Gasteiger partial charge in [0.2, 0.25) is 21.5 Å². The third kappa shape index (κ3) is 4.18. The molecule has 2 N–H and O–H groups in total. The summed E-state index contributed by atoms with van der Waals surface area (Å²) in [6, 6.07) is 2.33. The quantitative estimate of drug-likeness (QED) is 0.738. The second-order valence-electron chi connectivity index (χ2n) is 4.00. The summed E-state index contributed by atoms with van der Waals surface area (Å²) in [5.41, 5.74) is -0.387. The van der Waals surface area contributed by atoms with E-state index in [1.807, 2.05) is 6.92 Å². The summed E-state index contributed by atoms with van der Waals surface area (Å²) in [5, 5.41) is 2.59. The number of H-pyrrole nitrogens is 1. The minimum absolute atomic E-state index is 0.0575. The summed E-state index contributed by atoms with van der Waals surface area (Å²) in [6.07, 6.45) is 1.89. The number of aromatic nitrogens is 1. The van der Waals surface area contributed by atoms with Crippen LogP contribution in [0.15, 0.2) is 28.0 Å². The molecular weight excluding hydrogens is 270 g/mol. The van der Waals surface area contributed by atoms with Crippen LogP contribution in [0.4, 0.5) is 0 Å². The molecule has 1 heterocycles. The highest BCUT2D eigenvalue weighted by molar-refractivity contribution is 7.89. The molecule has 106 valence electrons. The predicted octanol–water partition coefficient (Wildman–Crippen LogP) is -0.478. The number of aromatic amines is 1. The van der Waals surface area contributed by atoms with Crippen LogP contribution in [0.3, 0.4) is 0 Å². The summed E-state index contributed by atoms with van der Waals surface area (Å²) in [5.74, 6) is -0.364. The molecule has 0 spiro atoms. The Morgan fingerprint density at radius 3 is 2.63 bits per heavy atom. The lowest BCUT2D eigenvalue weighted by molar-refractivity contribution is -0.121. The number of carbonyl (C=O) groups excluding carboxylic acids is 1. The van der Waals surface area contributed by atoms with Crippen molar-refractivity contribution in [2.24, 2.45) is 0 Å². The van der Waals surface area contributed by atoms with E-state index in [0.29, 0.717) is 6.54 Å². The van der Waals surface area contributed by atoms with Crippen LogP contribution in [-0.2, 0) is 14.8 Å². The molecule has 0 unspecified atom stereocenters. The highest BCUT2D eigenvalue weighted by Crippen LogP contribution is 2.10. The molecule has 0 saturated carbocycles. The number of nitrogens with one attached hydrogen (secondary N) is 2. The van der Waals surface area contributed by atoms with E-state index in [-0.39, 0.29) is 22.9 Å². The van der Waals surface area contributed by atoms with Gasteiger partial charge in [0.05, 0.1) is 11.4 Å². The van der Waals surface area contributed by atoms with Gasteiger partial charge >= 0.3 is 0 Å².